The molecule has 3 saturated carbocycles. The molecule has 4 rings (SSSR count). The molecule has 0 aromatic carbocycles. The van der Waals surface area contributed by atoms with Crippen LogP contribution in [0.15, 0.2) is 0 Å². The lowest BCUT2D eigenvalue weighted by molar-refractivity contribution is -0.251. The first-order valence-electron chi connectivity index (χ1n) is 13.1. The molecular formula is C26H44O5. The number of hydrogen-bond donors (Lipinski definition) is 1. The first-order valence-corrected chi connectivity index (χ1v) is 13.1. The molecule has 1 saturated heterocycles. The average molecular weight is 437 g/mol. The Bertz CT molecular complexity index is 554. The van der Waals surface area contributed by atoms with Gasteiger partial charge in [-0.15, -0.1) is 0 Å². The highest BCUT2D eigenvalue weighted by molar-refractivity contribution is 5.72. The van der Waals surface area contributed by atoms with E-state index in [1.54, 1.807) is 0 Å². The molecule has 5 nitrogen and oxygen atoms in total. The van der Waals surface area contributed by atoms with Gasteiger partial charge in [-0.2, -0.15) is 0 Å². The van der Waals surface area contributed by atoms with Gasteiger partial charge in [0.2, 0.25) is 0 Å². The predicted octanol–water partition coefficient (Wildman–Crippen LogP) is 5.09. The van der Waals surface area contributed by atoms with Crippen LogP contribution < -0.4 is 0 Å². The fraction of sp³-hybridized carbons (Fsp3) is 0.962. The summed E-state index contributed by atoms with van der Waals surface area (Å²) in [6, 6.07) is 0. The Morgan fingerprint density at radius 3 is 2.52 bits per heavy atom. The Morgan fingerprint density at radius 2 is 1.74 bits per heavy atom. The van der Waals surface area contributed by atoms with Gasteiger partial charge in [-0.3, -0.25) is 4.79 Å². The number of hydrogen-bond acceptors (Lipinski definition) is 5. The van der Waals surface area contributed by atoms with Crippen LogP contribution in [0.1, 0.15) is 90.4 Å². The van der Waals surface area contributed by atoms with Crippen molar-refractivity contribution in [3.63, 3.8) is 0 Å². The first-order chi connectivity index (χ1) is 15.1. The summed E-state index contributed by atoms with van der Waals surface area (Å²) in [5.41, 5.74) is 0. The largest absolute Gasteiger partial charge is 0.463 e. The van der Waals surface area contributed by atoms with E-state index >= 15 is 0 Å². The summed E-state index contributed by atoms with van der Waals surface area (Å²) in [4.78, 5) is 12.9. The van der Waals surface area contributed by atoms with Crippen LogP contribution in [-0.2, 0) is 19.0 Å². The Morgan fingerprint density at radius 1 is 0.968 bits per heavy atom. The van der Waals surface area contributed by atoms with E-state index in [1.807, 2.05) is 0 Å². The molecule has 2 bridgehead atoms. The molecular weight excluding hydrogens is 392 g/mol. The number of carbonyl (C=O) groups is 1. The van der Waals surface area contributed by atoms with Gasteiger partial charge in [0.1, 0.15) is 6.61 Å². The minimum Gasteiger partial charge on any atom is -0.463 e. The molecule has 7 unspecified atom stereocenters. The number of ether oxygens (including phenoxy) is 3. The van der Waals surface area contributed by atoms with Gasteiger partial charge < -0.3 is 19.3 Å². The molecule has 0 aromatic heterocycles. The predicted molar refractivity (Wildman–Crippen MR) is 119 cm³/mol. The standard InChI is InChI=1S/C26H44O5/c1-18-4-2-7-22(14-21(12-18)8-10-27)25(28)30-17-24-9-11-29-26(31-24)23-15-19-5-3-6-20(13-19)16-23/h18-24,26-27H,2-17H2,1H3. The van der Waals surface area contributed by atoms with Gasteiger partial charge in [-0.05, 0) is 68.6 Å². The van der Waals surface area contributed by atoms with E-state index in [1.165, 1.54) is 44.9 Å². The Kier molecular flexibility index (Phi) is 8.70. The van der Waals surface area contributed by atoms with Crippen molar-refractivity contribution in [2.24, 2.45) is 35.5 Å². The molecule has 7 atom stereocenters. The molecule has 1 N–H and O–H groups in total. The molecule has 3 aliphatic carbocycles. The smallest absolute Gasteiger partial charge is 0.309 e. The van der Waals surface area contributed by atoms with Crippen LogP contribution in [0.4, 0.5) is 0 Å². The summed E-state index contributed by atoms with van der Waals surface area (Å²) < 4.78 is 18.1. The second-order valence-corrected chi connectivity index (χ2v) is 11.1. The van der Waals surface area contributed by atoms with E-state index in [0.29, 0.717) is 31.0 Å². The number of fused-ring (bicyclic) bond motifs is 2. The van der Waals surface area contributed by atoms with Crippen molar-refractivity contribution in [3.05, 3.63) is 0 Å². The lowest BCUT2D eigenvalue weighted by Gasteiger charge is -2.43. The van der Waals surface area contributed by atoms with Gasteiger partial charge in [0.05, 0.1) is 18.6 Å². The zero-order valence-corrected chi connectivity index (χ0v) is 19.5. The summed E-state index contributed by atoms with van der Waals surface area (Å²) in [6.45, 7) is 3.56. The van der Waals surface area contributed by atoms with Gasteiger partial charge in [0, 0.05) is 18.9 Å². The fourth-order valence-corrected chi connectivity index (χ4v) is 6.93. The van der Waals surface area contributed by atoms with Crippen LogP contribution >= 0.6 is 0 Å². The Labute approximate surface area is 188 Å². The normalized spacial score (nSPS) is 41.7. The molecule has 0 amide bonds. The summed E-state index contributed by atoms with van der Waals surface area (Å²) in [6.07, 6.45) is 14.6. The third-order valence-electron chi connectivity index (χ3n) is 8.48. The van der Waals surface area contributed by atoms with Gasteiger partial charge in [0.15, 0.2) is 6.29 Å². The topological polar surface area (TPSA) is 65.0 Å². The van der Waals surface area contributed by atoms with Gasteiger partial charge >= 0.3 is 5.97 Å². The van der Waals surface area contributed by atoms with Crippen molar-refractivity contribution < 1.29 is 24.1 Å². The van der Waals surface area contributed by atoms with Crippen molar-refractivity contribution in [2.75, 3.05) is 19.8 Å². The van der Waals surface area contributed by atoms with Gasteiger partial charge in [-0.25, -0.2) is 0 Å². The zero-order valence-electron chi connectivity index (χ0n) is 19.5. The first kappa shape index (κ1) is 23.5. The van der Waals surface area contributed by atoms with E-state index < -0.39 is 0 Å². The highest BCUT2D eigenvalue weighted by atomic mass is 16.7. The van der Waals surface area contributed by atoms with Crippen LogP contribution in [0.2, 0.25) is 0 Å². The SMILES string of the molecule is CC1CCCC(C(=O)OCC2CCOC(C3CC4CCCC(C4)C3)O2)CC(CCO)C1. The van der Waals surface area contributed by atoms with Crippen molar-refractivity contribution in [3.8, 4) is 0 Å². The number of carbonyl (C=O) groups excluding carboxylic acids is 1. The van der Waals surface area contributed by atoms with Crippen molar-refractivity contribution in [1.29, 1.82) is 0 Å². The van der Waals surface area contributed by atoms with E-state index in [2.05, 4.69) is 6.92 Å². The van der Waals surface area contributed by atoms with E-state index in [0.717, 1.165) is 50.4 Å². The van der Waals surface area contributed by atoms with Crippen molar-refractivity contribution >= 4 is 5.97 Å². The van der Waals surface area contributed by atoms with E-state index in [4.69, 9.17) is 14.2 Å². The summed E-state index contributed by atoms with van der Waals surface area (Å²) in [5, 5.41) is 9.41. The fourth-order valence-electron chi connectivity index (χ4n) is 6.93. The molecule has 31 heavy (non-hydrogen) atoms. The second-order valence-electron chi connectivity index (χ2n) is 11.1. The van der Waals surface area contributed by atoms with Crippen LogP contribution in [0.25, 0.3) is 0 Å². The van der Waals surface area contributed by atoms with Crippen molar-refractivity contribution in [1.82, 2.24) is 0 Å². The lowest BCUT2D eigenvalue weighted by atomic mass is 9.68. The number of aliphatic hydroxyl groups excluding tert-OH is 1. The maximum atomic E-state index is 12.9. The van der Waals surface area contributed by atoms with Crippen LogP contribution in [0.3, 0.4) is 0 Å². The maximum Gasteiger partial charge on any atom is 0.309 e. The third-order valence-corrected chi connectivity index (χ3v) is 8.48. The monoisotopic (exact) mass is 436 g/mol. The number of rotatable bonds is 6. The highest BCUT2D eigenvalue weighted by Gasteiger charge is 2.39. The van der Waals surface area contributed by atoms with Gasteiger partial charge in [-0.1, -0.05) is 39.0 Å². The molecule has 4 fully saturated rings. The minimum absolute atomic E-state index is 0.0302. The molecule has 0 spiro atoms. The van der Waals surface area contributed by atoms with E-state index in [9.17, 15) is 9.90 Å². The molecule has 178 valence electrons. The molecule has 0 aromatic rings. The summed E-state index contributed by atoms with van der Waals surface area (Å²) >= 11 is 0. The molecule has 1 aliphatic heterocycles. The van der Waals surface area contributed by atoms with Crippen molar-refractivity contribution in [2.45, 2.75) is 103 Å². The van der Waals surface area contributed by atoms with Crippen LogP contribution in [0.5, 0.6) is 0 Å². The quantitative estimate of drug-likeness (QED) is 0.587. The minimum atomic E-state index is -0.113. The Balaban J connectivity index is 1.24. The molecule has 5 heteroatoms. The summed E-state index contributed by atoms with van der Waals surface area (Å²) in [7, 11) is 0. The zero-order chi connectivity index (χ0) is 21.6. The second kappa shape index (κ2) is 11.5. The lowest BCUT2D eigenvalue weighted by Crippen LogP contribution is -2.43. The van der Waals surface area contributed by atoms with Crippen LogP contribution in [-0.4, -0.2) is 43.3 Å². The summed E-state index contributed by atoms with van der Waals surface area (Å²) in [5.74, 6) is 3.24. The number of esters is 1. The maximum absolute atomic E-state index is 12.9. The number of aliphatic hydroxyl groups is 1. The average Bonchev–Trinajstić information content (AvgIpc) is 2.75. The van der Waals surface area contributed by atoms with Gasteiger partial charge in [0.25, 0.3) is 0 Å². The third kappa shape index (κ3) is 6.68. The van der Waals surface area contributed by atoms with E-state index in [-0.39, 0.29) is 30.9 Å². The highest BCUT2D eigenvalue weighted by Crippen LogP contribution is 2.45. The molecule has 4 aliphatic rings. The molecule has 1 heterocycles. The molecule has 0 radical (unpaired) electrons. The Hall–Kier alpha value is -0.650. The van der Waals surface area contributed by atoms with Crippen LogP contribution in [0, 0.1) is 35.5 Å².